The first-order valence-corrected chi connectivity index (χ1v) is 10.4. The Bertz CT molecular complexity index is 958. The Hall–Kier alpha value is -1.31. The topological polar surface area (TPSA) is 66.5 Å². The summed E-state index contributed by atoms with van der Waals surface area (Å²) >= 11 is 17.9. The second-order valence-corrected chi connectivity index (χ2v) is 9.00. The monoisotopic (exact) mass is 432 g/mol. The molecule has 0 saturated carbocycles. The first-order valence-electron chi connectivity index (χ1n) is 7.85. The lowest BCUT2D eigenvalue weighted by atomic mass is 10.2. The number of nitrogens with zero attached hydrogens (tertiary/aromatic N) is 1. The van der Waals surface area contributed by atoms with E-state index >= 15 is 0 Å². The first-order chi connectivity index (χ1) is 12.3. The Morgan fingerprint density at radius 3 is 2.23 bits per heavy atom. The van der Waals surface area contributed by atoms with E-state index in [1.807, 2.05) is 0 Å². The molecule has 1 saturated heterocycles. The lowest BCUT2D eigenvalue weighted by molar-refractivity contribution is 0.102. The van der Waals surface area contributed by atoms with Crippen molar-refractivity contribution in [2.24, 2.45) is 0 Å². The summed E-state index contributed by atoms with van der Waals surface area (Å²) in [5.74, 6) is -0.535. The molecule has 5 nitrogen and oxygen atoms in total. The molecule has 1 aliphatic rings. The lowest BCUT2D eigenvalue weighted by Gasteiger charge is -2.16. The molecule has 0 bridgehead atoms. The maximum Gasteiger partial charge on any atom is 0.257 e. The van der Waals surface area contributed by atoms with Crippen molar-refractivity contribution in [2.45, 2.75) is 17.7 Å². The van der Waals surface area contributed by atoms with Gasteiger partial charge in [-0.3, -0.25) is 4.79 Å². The number of nitrogens with one attached hydrogen (secondary N) is 1. The maximum absolute atomic E-state index is 12.7. The van der Waals surface area contributed by atoms with Crippen LogP contribution in [0.1, 0.15) is 23.2 Å². The van der Waals surface area contributed by atoms with Crippen LogP contribution in [0.2, 0.25) is 15.1 Å². The number of halogens is 3. The number of carbonyl (C=O) groups is 1. The number of carbonyl (C=O) groups excluding carboxylic acids is 1. The van der Waals surface area contributed by atoms with E-state index in [0.29, 0.717) is 28.8 Å². The van der Waals surface area contributed by atoms with Crippen LogP contribution in [0.25, 0.3) is 0 Å². The zero-order valence-electron chi connectivity index (χ0n) is 13.5. The van der Waals surface area contributed by atoms with Gasteiger partial charge in [0, 0.05) is 18.8 Å². The molecule has 1 N–H and O–H groups in total. The number of sulfonamides is 1. The first kappa shape index (κ1) is 19.5. The fourth-order valence-electron chi connectivity index (χ4n) is 2.69. The van der Waals surface area contributed by atoms with E-state index in [4.69, 9.17) is 34.8 Å². The molecule has 0 aromatic heterocycles. The highest BCUT2D eigenvalue weighted by Crippen LogP contribution is 2.28. The van der Waals surface area contributed by atoms with E-state index < -0.39 is 15.9 Å². The van der Waals surface area contributed by atoms with Crippen LogP contribution in [0.4, 0.5) is 5.69 Å². The Labute approximate surface area is 166 Å². The normalized spacial score (nSPS) is 15.2. The molecule has 1 amide bonds. The fraction of sp³-hybridized carbons (Fsp3) is 0.235. The van der Waals surface area contributed by atoms with E-state index in [2.05, 4.69) is 5.32 Å². The number of benzene rings is 2. The van der Waals surface area contributed by atoms with Gasteiger partial charge in [0.05, 0.1) is 25.5 Å². The average molecular weight is 434 g/mol. The predicted octanol–water partition coefficient (Wildman–Crippen LogP) is 4.68. The Balaban J connectivity index is 1.89. The largest absolute Gasteiger partial charge is 0.322 e. The summed E-state index contributed by atoms with van der Waals surface area (Å²) in [6.07, 6.45) is 1.66. The predicted molar refractivity (Wildman–Crippen MR) is 104 cm³/mol. The van der Waals surface area contributed by atoms with E-state index in [-0.39, 0.29) is 15.5 Å². The smallest absolute Gasteiger partial charge is 0.257 e. The molecule has 0 atom stereocenters. The summed E-state index contributed by atoms with van der Waals surface area (Å²) in [6.45, 7) is 0.964. The summed E-state index contributed by atoms with van der Waals surface area (Å²) in [5, 5.41) is 3.45. The molecular formula is C17H15Cl3N2O3S. The van der Waals surface area contributed by atoms with Crippen LogP contribution >= 0.6 is 34.8 Å². The molecule has 1 aliphatic heterocycles. The Morgan fingerprint density at radius 2 is 1.58 bits per heavy atom. The van der Waals surface area contributed by atoms with Gasteiger partial charge in [-0.15, -0.1) is 0 Å². The second kappa shape index (κ2) is 7.74. The molecule has 1 fully saturated rings. The Kier molecular flexibility index (Phi) is 5.79. The van der Waals surface area contributed by atoms with Crippen LogP contribution in [0.15, 0.2) is 41.3 Å². The third kappa shape index (κ3) is 4.00. The number of anilines is 1. The molecule has 0 radical (unpaired) electrons. The van der Waals surface area contributed by atoms with Crippen molar-refractivity contribution < 1.29 is 13.2 Å². The standard InChI is InChI=1S/C17H15Cl3N2O3S/c18-14-6-4-12(26(24,25)22-7-1-2-8-22)10-13(14)17(23)21-11-3-5-15(19)16(20)9-11/h3-6,9-10H,1-2,7-8H2,(H,21,23). The molecule has 1 heterocycles. The van der Waals surface area contributed by atoms with Crippen LogP contribution in [0, 0.1) is 0 Å². The van der Waals surface area contributed by atoms with E-state index in [9.17, 15) is 13.2 Å². The number of amides is 1. The molecule has 0 aliphatic carbocycles. The highest BCUT2D eigenvalue weighted by atomic mass is 35.5. The fourth-order valence-corrected chi connectivity index (χ4v) is 4.73. The second-order valence-electron chi connectivity index (χ2n) is 5.84. The third-order valence-corrected chi connectivity index (χ3v) is 7.03. The molecule has 3 rings (SSSR count). The van der Waals surface area contributed by atoms with Crippen LogP contribution in [-0.4, -0.2) is 31.7 Å². The highest BCUT2D eigenvalue weighted by Gasteiger charge is 2.28. The van der Waals surface area contributed by atoms with Crippen molar-refractivity contribution >= 4 is 56.4 Å². The van der Waals surface area contributed by atoms with Crippen molar-refractivity contribution in [3.05, 3.63) is 57.0 Å². The summed E-state index contributed by atoms with van der Waals surface area (Å²) in [7, 11) is -3.64. The highest BCUT2D eigenvalue weighted by molar-refractivity contribution is 7.89. The number of hydrogen-bond donors (Lipinski definition) is 1. The quantitative estimate of drug-likeness (QED) is 0.761. The molecule has 2 aromatic rings. The van der Waals surface area contributed by atoms with Gasteiger partial charge in [-0.05, 0) is 49.2 Å². The molecule has 0 spiro atoms. The van der Waals surface area contributed by atoms with Gasteiger partial charge < -0.3 is 5.32 Å². The number of hydrogen-bond acceptors (Lipinski definition) is 3. The van der Waals surface area contributed by atoms with Gasteiger partial charge in [-0.1, -0.05) is 34.8 Å². The molecule has 2 aromatic carbocycles. The van der Waals surface area contributed by atoms with Gasteiger partial charge in [0.2, 0.25) is 10.0 Å². The third-order valence-electron chi connectivity index (χ3n) is 4.06. The summed E-state index contributed by atoms with van der Waals surface area (Å²) in [6, 6.07) is 8.75. The van der Waals surface area contributed by atoms with Gasteiger partial charge >= 0.3 is 0 Å². The zero-order chi connectivity index (χ0) is 18.9. The van der Waals surface area contributed by atoms with Crippen molar-refractivity contribution in [3.8, 4) is 0 Å². The zero-order valence-corrected chi connectivity index (χ0v) is 16.6. The molecule has 138 valence electrons. The van der Waals surface area contributed by atoms with Crippen molar-refractivity contribution in [2.75, 3.05) is 18.4 Å². The van der Waals surface area contributed by atoms with Crippen LogP contribution in [-0.2, 0) is 10.0 Å². The van der Waals surface area contributed by atoms with Crippen molar-refractivity contribution in [1.82, 2.24) is 4.31 Å². The van der Waals surface area contributed by atoms with Crippen molar-refractivity contribution in [1.29, 1.82) is 0 Å². The van der Waals surface area contributed by atoms with Gasteiger partial charge in [0.1, 0.15) is 0 Å². The van der Waals surface area contributed by atoms with E-state index in [1.165, 1.54) is 28.6 Å². The van der Waals surface area contributed by atoms with Gasteiger partial charge in [-0.2, -0.15) is 4.31 Å². The molecular weight excluding hydrogens is 419 g/mol. The van der Waals surface area contributed by atoms with E-state index in [0.717, 1.165) is 12.8 Å². The van der Waals surface area contributed by atoms with Crippen molar-refractivity contribution in [3.63, 3.8) is 0 Å². The van der Waals surface area contributed by atoms with Gasteiger partial charge in [-0.25, -0.2) is 8.42 Å². The average Bonchev–Trinajstić information content (AvgIpc) is 3.13. The molecule has 9 heteroatoms. The van der Waals surface area contributed by atoms with Crippen LogP contribution in [0.3, 0.4) is 0 Å². The lowest BCUT2D eigenvalue weighted by Crippen LogP contribution is -2.28. The van der Waals surface area contributed by atoms with Crippen LogP contribution < -0.4 is 5.32 Å². The van der Waals surface area contributed by atoms with Gasteiger partial charge in [0.15, 0.2) is 0 Å². The van der Waals surface area contributed by atoms with Crippen LogP contribution in [0.5, 0.6) is 0 Å². The SMILES string of the molecule is O=C(Nc1ccc(Cl)c(Cl)c1)c1cc(S(=O)(=O)N2CCCC2)ccc1Cl. The summed E-state index contributed by atoms with van der Waals surface area (Å²) < 4.78 is 26.8. The Morgan fingerprint density at radius 1 is 0.923 bits per heavy atom. The minimum absolute atomic E-state index is 0.0445. The molecule has 26 heavy (non-hydrogen) atoms. The summed E-state index contributed by atoms with van der Waals surface area (Å²) in [5.41, 5.74) is 0.492. The summed E-state index contributed by atoms with van der Waals surface area (Å²) in [4.78, 5) is 12.6. The minimum Gasteiger partial charge on any atom is -0.322 e. The minimum atomic E-state index is -3.64. The number of rotatable bonds is 4. The van der Waals surface area contributed by atoms with Gasteiger partial charge in [0.25, 0.3) is 5.91 Å². The van der Waals surface area contributed by atoms with E-state index in [1.54, 1.807) is 12.1 Å². The maximum atomic E-state index is 12.7. The molecule has 0 unspecified atom stereocenters.